The first-order valence-corrected chi connectivity index (χ1v) is 8.32. The van der Waals surface area contributed by atoms with Crippen LogP contribution >= 0.6 is 0 Å². The van der Waals surface area contributed by atoms with Gasteiger partial charge in [-0.1, -0.05) is 39.0 Å². The molecule has 1 saturated heterocycles. The summed E-state index contributed by atoms with van der Waals surface area (Å²) in [5.74, 6) is -0.0861. The summed E-state index contributed by atoms with van der Waals surface area (Å²) in [5.41, 5.74) is 0.990. The van der Waals surface area contributed by atoms with Crippen molar-refractivity contribution in [2.45, 2.75) is 64.6 Å². The average molecular weight is 292 g/mol. The molecular formula is C18H29FN2. The fourth-order valence-corrected chi connectivity index (χ4v) is 3.53. The molecule has 0 spiro atoms. The molecule has 2 rings (SSSR count). The molecular weight excluding hydrogens is 263 g/mol. The van der Waals surface area contributed by atoms with Crippen molar-refractivity contribution in [3.63, 3.8) is 0 Å². The lowest BCUT2D eigenvalue weighted by molar-refractivity contribution is 0.0389. The SMILES string of the molecule is CCC1CNC(CC)(CC)CN1C(C)c1ccccc1F. The van der Waals surface area contributed by atoms with Gasteiger partial charge in [-0.15, -0.1) is 0 Å². The van der Waals surface area contributed by atoms with Gasteiger partial charge in [-0.3, -0.25) is 4.90 Å². The van der Waals surface area contributed by atoms with Gasteiger partial charge in [-0.25, -0.2) is 4.39 Å². The molecule has 1 aromatic carbocycles. The van der Waals surface area contributed by atoms with Gasteiger partial charge < -0.3 is 5.32 Å². The average Bonchev–Trinajstić information content (AvgIpc) is 2.54. The van der Waals surface area contributed by atoms with E-state index in [2.05, 4.69) is 37.9 Å². The molecule has 1 heterocycles. The molecule has 0 amide bonds. The Hall–Kier alpha value is -0.930. The molecule has 3 heteroatoms. The maximum Gasteiger partial charge on any atom is 0.127 e. The molecule has 2 nitrogen and oxygen atoms in total. The van der Waals surface area contributed by atoms with Crippen molar-refractivity contribution in [3.8, 4) is 0 Å². The Morgan fingerprint density at radius 3 is 2.52 bits per heavy atom. The molecule has 1 fully saturated rings. The van der Waals surface area contributed by atoms with Crippen molar-refractivity contribution in [2.24, 2.45) is 0 Å². The molecule has 0 aromatic heterocycles. The first-order valence-electron chi connectivity index (χ1n) is 8.32. The van der Waals surface area contributed by atoms with E-state index in [9.17, 15) is 4.39 Å². The van der Waals surface area contributed by atoms with Gasteiger partial charge in [0.25, 0.3) is 0 Å². The highest BCUT2D eigenvalue weighted by molar-refractivity contribution is 5.21. The van der Waals surface area contributed by atoms with Crippen molar-refractivity contribution >= 4 is 0 Å². The molecule has 0 radical (unpaired) electrons. The Bertz CT molecular complexity index is 456. The smallest absolute Gasteiger partial charge is 0.127 e. The second-order valence-electron chi connectivity index (χ2n) is 6.30. The lowest BCUT2D eigenvalue weighted by atomic mass is 9.86. The van der Waals surface area contributed by atoms with E-state index in [4.69, 9.17) is 0 Å². The molecule has 0 saturated carbocycles. The largest absolute Gasteiger partial charge is 0.308 e. The van der Waals surface area contributed by atoms with Crippen LogP contribution < -0.4 is 5.32 Å². The standard InChI is InChI=1S/C18H29FN2/c1-5-15-12-20-18(6-2,7-3)13-21(15)14(4)16-10-8-9-11-17(16)19/h8-11,14-15,20H,5-7,12-13H2,1-4H3. The number of halogens is 1. The van der Waals surface area contributed by atoms with Crippen molar-refractivity contribution in [1.82, 2.24) is 10.2 Å². The zero-order valence-corrected chi connectivity index (χ0v) is 13.8. The minimum atomic E-state index is -0.0861. The summed E-state index contributed by atoms with van der Waals surface area (Å²) in [6.07, 6.45) is 3.32. The van der Waals surface area contributed by atoms with Crippen LogP contribution in [0.15, 0.2) is 24.3 Å². The third-order valence-corrected chi connectivity index (χ3v) is 5.34. The Morgan fingerprint density at radius 1 is 1.29 bits per heavy atom. The summed E-state index contributed by atoms with van der Waals surface area (Å²) in [6, 6.07) is 7.80. The van der Waals surface area contributed by atoms with Crippen LogP contribution in [0.25, 0.3) is 0 Å². The van der Waals surface area contributed by atoms with Crippen LogP contribution in [0.1, 0.15) is 58.6 Å². The maximum atomic E-state index is 14.1. The minimum Gasteiger partial charge on any atom is -0.308 e. The summed E-state index contributed by atoms with van der Waals surface area (Å²) in [4.78, 5) is 2.50. The van der Waals surface area contributed by atoms with E-state index in [1.807, 2.05) is 12.1 Å². The summed E-state index contributed by atoms with van der Waals surface area (Å²) in [5, 5.41) is 3.75. The molecule has 0 bridgehead atoms. The maximum absolute atomic E-state index is 14.1. The van der Waals surface area contributed by atoms with Crippen molar-refractivity contribution in [3.05, 3.63) is 35.6 Å². The van der Waals surface area contributed by atoms with E-state index in [1.54, 1.807) is 12.1 Å². The molecule has 1 aliphatic rings. The number of nitrogens with zero attached hydrogens (tertiary/aromatic N) is 1. The highest BCUT2D eigenvalue weighted by atomic mass is 19.1. The Balaban J connectivity index is 2.27. The quantitative estimate of drug-likeness (QED) is 0.878. The van der Waals surface area contributed by atoms with Gasteiger partial charge in [-0.2, -0.15) is 0 Å². The molecule has 0 aliphatic carbocycles. The van der Waals surface area contributed by atoms with Gasteiger partial charge in [0.1, 0.15) is 5.82 Å². The molecule has 1 N–H and O–H groups in total. The van der Waals surface area contributed by atoms with Crippen LogP contribution in [0.2, 0.25) is 0 Å². The zero-order chi connectivity index (χ0) is 15.5. The highest BCUT2D eigenvalue weighted by Gasteiger charge is 2.38. The lowest BCUT2D eigenvalue weighted by Crippen LogP contribution is -2.64. The minimum absolute atomic E-state index is 0.0861. The Labute approximate surface area is 128 Å². The molecule has 1 aliphatic heterocycles. The summed E-state index contributed by atoms with van der Waals surface area (Å²) in [7, 11) is 0. The van der Waals surface area contributed by atoms with Gasteiger partial charge in [0.2, 0.25) is 0 Å². The first-order chi connectivity index (χ1) is 10.1. The van der Waals surface area contributed by atoms with E-state index in [0.29, 0.717) is 6.04 Å². The van der Waals surface area contributed by atoms with Crippen LogP contribution in [0.5, 0.6) is 0 Å². The van der Waals surface area contributed by atoms with Crippen LogP contribution in [0, 0.1) is 5.82 Å². The molecule has 2 unspecified atom stereocenters. The van der Waals surface area contributed by atoms with Gasteiger partial charge >= 0.3 is 0 Å². The molecule has 118 valence electrons. The topological polar surface area (TPSA) is 15.3 Å². The van der Waals surface area contributed by atoms with E-state index < -0.39 is 0 Å². The normalized spacial score (nSPS) is 24.0. The second kappa shape index (κ2) is 6.89. The van der Waals surface area contributed by atoms with Crippen LogP contribution in [-0.4, -0.2) is 29.6 Å². The van der Waals surface area contributed by atoms with Crippen LogP contribution in [0.3, 0.4) is 0 Å². The summed E-state index contributed by atoms with van der Waals surface area (Å²) < 4.78 is 14.1. The predicted octanol–water partition coefficient (Wildman–Crippen LogP) is 4.13. The van der Waals surface area contributed by atoms with E-state index in [1.165, 1.54) is 0 Å². The number of rotatable bonds is 5. The van der Waals surface area contributed by atoms with Crippen LogP contribution in [0.4, 0.5) is 4.39 Å². The Morgan fingerprint density at radius 2 is 1.95 bits per heavy atom. The highest BCUT2D eigenvalue weighted by Crippen LogP contribution is 2.32. The van der Waals surface area contributed by atoms with Gasteiger partial charge in [0, 0.05) is 36.3 Å². The predicted molar refractivity (Wildman–Crippen MR) is 86.9 cm³/mol. The molecule has 21 heavy (non-hydrogen) atoms. The molecule has 1 aromatic rings. The number of benzene rings is 1. The van der Waals surface area contributed by atoms with E-state index in [0.717, 1.165) is 37.9 Å². The van der Waals surface area contributed by atoms with Gasteiger partial charge in [0.15, 0.2) is 0 Å². The van der Waals surface area contributed by atoms with Crippen molar-refractivity contribution < 1.29 is 4.39 Å². The fraction of sp³-hybridized carbons (Fsp3) is 0.667. The number of hydrogen-bond donors (Lipinski definition) is 1. The number of nitrogens with one attached hydrogen (secondary N) is 1. The number of piperazine rings is 1. The van der Waals surface area contributed by atoms with E-state index >= 15 is 0 Å². The summed E-state index contributed by atoms with van der Waals surface area (Å²) >= 11 is 0. The summed E-state index contributed by atoms with van der Waals surface area (Å²) in [6.45, 7) is 10.8. The van der Waals surface area contributed by atoms with Crippen LogP contribution in [-0.2, 0) is 0 Å². The van der Waals surface area contributed by atoms with Gasteiger partial charge in [-0.05, 0) is 32.3 Å². The molecule has 2 atom stereocenters. The first kappa shape index (κ1) is 16.4. The third-order valence-electron chi connectivity index (χ3n) is 5.34. The zero-order valence-electron chi connectivity index (χ0n) is 13.8. The fourth-order valence-electron chi connectivity index (χ4n) is 3.53. The Kier molecular flexibility index (Phi) is 5.39. The van der Waals surface area contributed by atoms with Crippen molar-refractivity contribution in [1.29, 1.82) is 0 Å². The lowest BCUT2D eigenvalue weighted by Gasteiger charge is -2.49. The van der Waals surface area contributed by atoms with E-state index in [-0.39, 0.29) is 17.4 Å². The second-order valence-corrected chi connectivity index (χ2v) is 6.30. The monoisotopic (exact) mass is 292 g/mol. The number of hydrogen-bond acceptors (Lipinski definition) is 2. The van der Waals surface area contributed by atoms with Gasteiger partial charge in [0.05, 0.1) is 0 Å². The van der Waals surface area contributed by atoms with Crippen molar-refractivity contribution in [2.75, 3.05) is 13.1 Å². The third kappa shape index (κ3) is 3.29.